The van der Waals surface area contributed by atoms with Gasteiger partial charge in [0.1, 0.15) is 0 Å². The SMILES string of the molecule is O=C(C[C@H](CCc1ccccc1)c1c[nH]c2ccc([N+](=O)[O-])cc12)NCCc1ccccn1. The molecule has 0 radical (unpaired) electrons. The number of nitrogens with one attached hydrogen (secondary N) is 2. The minimum atomic E-state index is -0.389. The number of non-ortho nitro benzene ring substituents is 1. The fourth-order valence-electron chi connectivity index (χ4n) is 4.11. The molecule has 0 aliphatic rings. The number of nitro benzene ring substituents is 1. The van der Waals surface area contributed by atoms with Crippen LogP contribution in [0.2, 0.25) is 0 Å². The van der Waals surface area contributed by atoms with Gasteiger partial charge in [-0.25, -0.2) is 0 Å². The zero-order valence-corrected chi connectivity index (χ0v) is 18.2. The van der Waals surface area contributed by atoms with Crippen molar-refractivity contribution in [3.8, 4) is 0 Å². The number of rotatable bonds is 10. The summed E-state index contributed by atoms with van der Waals surface area (Å²) in [4.78, 5) is 31.2. The predicted molar refractivity (Wildman–Crippen MR) is 128 cm³/mol. The largest absolute Gasteiger partial charge is 0.361 e. The van der Waals surface area contributed by atoms with E-state index >= 15 is 0 Å². The van der Waals surface area contributed by atoms with Crippen LogP contribution < -0.4 is 5.32 Å². The van der Waals surface area contributed by atoms with Crippen LogP contribution in [0, 0.1) is 10.1 Å². The van der Waals surface area contributed by atoms with Gasteiger partial charge < -0.3 is 10.3 Å². The molecular weight excluding hydrogens is 416 g/mol. The summed E-state index contributed by atoms with van der Waals surface area (Å²) in [5.41, 5.74) is 3.94. The number of benzene rings is 2. The summed E-state index contributed by atoms with van der Waals surface area (Å²) in [5.74, 6) is -0.111. The van der Waals surface area contributed by atoms with E-state index in [4.69, 9.17) is 0 Å². The van der Waals surface area contributed by atoms with Crippen LogP contribution in [0.15, 0.2) is 79.1 Å². The Bertz CT molecular complexity index is 1220. The van der Waals surface area contributed by atoms with Gasteiger partial charge in [-0.15, -0.1) is 0 Å². The first kappa shape index (κ1) is 22.2. The van der Waals surface area contributed by atoms with E-state index in [2.05, 4.69) is 27.4 Å². The van der Waals surface area contributed by atoms with Crippen LogP contribution in [0.4, 0.5) is 5.69 Å². The van der Waals surface area contributed by atoms with Crippen LogP contribution in [0.1, 0.15) is 35.6 Å². The highest BCUT2D eigenvalue weighted by Gasteiger charge is 2.21. The lowest BCUT2D eigenvalue weighted by Crippen LogP contribution is -2.27. The number of H-pyrrole nitrogens is 1. The highest BCUT2D eigenvalue weighted by Crippen LogP contribution is 2.33. The maximum Gasteiger partial charge on any atom is 0.270 e. The number of aromatic nitrogens is 2. The molecule has 168 valence electrons. The van der Waals surface area contributed by atoms with Gasteiger partial charge in [-0.05, 0) is 48.1 Å². The van der Waals surface area contributed by atoms with E-state index in [0.29, 0.717) is 19.4 Å². The van der Waals surface area contributed by atoms with E-state index in [-0.39, 0.29) is 22.4 Å². The second-order valence-corrected chi connectivity index (χ2v) is 8.08. The zero-order valence-electron chi connectivity index (χ0n) is 18.2. The number of hydrogen-bond acceptors (Lipinski definition) is 4. The molecule has 0 saturated carbocycles. The molecule has 0 unspecified atom stereocenters. The van der Waals surface area contributed by atoms with Crippen molar-refractivity contribution >= 4 is 22.5 Å². The van der Waals surface area contributed by atoms with Crippen LogP contribution >= 0.6 is 0 Å². The van der Waals surface area contributed by atoms with Crippen molar-refractivity contribution in [2.75, 3.05) is 6.54 Å². The molecule has 2 aromatic heterocycles. The molecule has 7 heteroatoms. The van der Waals surface area contributed by atoms with E-state index in [1.54, 1.807) is 18.3 Å². The van der Waals surface area contributed by atoms with E-state index in [0.717, 1.165) is 35.0 Å². The molecule has 0 aliphatic heterocycles. The second-order valence-electron chi connectivity index (χ2n) is 8.08. The molecule has 7 nitrogen and oxygen atoms in total. The molecular formula is C26H26N4O3. The van der Waals surface area contributed by atoms with Gasteiger partial charge in [0.15, 0.2) is 0 Å². The summed E-state index contributed by atoms with van der Waals surface area (Å²) in [6.45, 7) is 0.514. The lowest BCUT2D eigenvalue weighted by Gasteiger charge is -2.17. The van der Waals surface area contributed by atoms with Gasteiger partial charge in [0.25, 0.3) is 5.69 Å². The number of pyridine rings is 1. The number of carbonyl (C=O) groups excluding carboxylic acids is 1. The van der Waals surface area contributed by atoms with Gasteiger partial charge in [-0.2, -0.15) is 0 Å². The van der Waals surface area contributed by atoms with Crippen LogP contribution in [0.5, 0.6) is 0 Å². The normalized spacial score (nSPS) is 11.9. The van der Waals surface area contributed by atoms with Crippen LogP contribution in [0.25, 0.3) is 10.9 Å². The van der Waals surface area contributed by atoms with Gasteiger partial charge in [-0.1, -0.05) is 36.4 Å². The van der Waals surface area contributed by atoms with Crippen molar-refractivity contribution in [1.29, 1.82) is 0 Å². The lowest BCUT2D eigenvalue weighted by atomic mass is 9.89. The fraction of sp³-hybridized carbons (Fsp3) is 0.231. The number of carbonyl (C=O) groups is 1. The minimum absolute atomic E-state index is 0.0382. The van der Waals surface area contributed by atoms with Crippen molar-refractivity contribution in [1.82, 2.24) is 15.3 Å². The third-order valence-corrected chi connectivity index (χ3v) is 5.83. The smallest absolute Gasteiger partial charge is 0.270 e. The third-order valence-electron chi connectivity index (χ3n) is 5.83. The van der Waals surface area contributed by atoms with E-state index < -0.39 is 0 Å². The molecule has 1 atom stereocenters. The number of aromatic amines is 1. The highest BCUT2D eigenvalue weighted by atomic mass is 16.6. The Hall–Kier alpha value is -4.00. The molecule has 0 spiro atoms. The molecule has 1 amide bonds. The van der Waals surface area contributed by atoms with Crippen molar-refractivity contribution < 1.29 is 9.72 Å². The fourth-order valence-corrected chi connectivity index (χ4v) is 4.11. The molecule has 0 aliphatic carbocycles. The molecule has 2 aromatic carbocycles. The lowest BCUT2D eigenvalue weighted by molar-refractivity contribution is -0.384. The highest BCUT2D eigenvalue weighted by molar-refractivity contribution is 5.87. The Morgan fingerprint density at radius 2 is 1.88 bits per heavy atom. The standard InChI is InChI=1S/C26H26N4O3/c31-26(28-15-13-21-8-4-5-14-27-21)16-20(10-9-19-6-2-1-3-7-19)24-18-29-25-12-11-22(30(32)33)17-23(24)25/h1-8,11-12,14,17-18,20,29H,9-10,13,15-16H2,(H,28,31)/t20-/m0/s1. The molecule has 33 heavy (non-hydrogen) atoms. The molecule has 0 fully saturated rings. The third kappa shape index (κ3) is 5.83. The quantitative estimate of drug-likeness (QED) is 0.268. The number of amides is 1. The van der Waals surface area contributed by atoms with E-state index in [1.807, 2.05) is 42.6 Å². The molecule has 4 aromatic rings. The molecule has 0 saturated heterocycles. The molecule has 2 heterocycles. The maximum atomic E-state index is 12.8. The van der Waals surface area contributed by atoms with Crippen LogP contribution in [0.3, 0.4) is 0 Å². The zero-order chi connectivity index (χ0) is 23.0. The second kappa shape index (κ2) is 10.5. The number of aryl methyl sites for hydroxylation is 1. The van der Waals surface area contributed by atoms with Gasteiger partial charge in [0.05, 0.1) is 4.92 Å². The van der Waals surface area contributed by atoms with Crippen molar-refractivity contribution in [3.05, 3.63) is 106 Å². The molecule has 2 N–H and O–H groups in total. The van der Waals surface area contributed by atoms with Gasteiger partial charge in [-0.3, -0.25) is 19.9 Å². The summed E-state index contributed by atoms with van der Waals surface area (Å²) >= 11 is 0. The van der Waals surface area contributed by atoms with Crippen molar-refractivity contribution in [2.45, 2.75) is 31.6 Å². The summed E-state index contributed by atoms with van der Waals surface area (Å²) < 4.78 is 0. The summed E-state index contributed by atoms with van der Waals surface area (Å²) in [7, 11) is 0. The van der Waals surface area contributed by atoms with E-state index in [9.17, 15) is 14.9 Å². The van der Waals surface area contributed by atoms with Crippen molar-refractivity contribution in [3.63, 3.8) is 0 Å². The van der Waals surface area contributed by atoms with Gasteiger partial charge >= 0.3 is 0 Å². The van der Waals surface area contributed by atoms with E-state index in [1.165, 1.54) is 11.6 Å². The molecule has 0 bridgehead atoms. The summed E-state index contributed by atoms with van der Waals surface area (Å²) in [6.07, 6.45) is 6.17. The average molecular weight is 443 g/mol. The summed E-state index contributed by atoms with van der Waals surface area (Å²) in [6, 6.07) is 20.7. The predicted octanol–water partition coefficient (Wildman–Crippen LogP) is 4.94. The Morgan fingerprint density at radius 1 is 1.06 bits per heavy atom. The monoisotopic (exact) mass is 442 g/mol. The maximum absolute atomic E-state index is 12.8. The Balaban J connectivity index is 1.50. The first-order valence-corrected chi connectivity index (χ1v) is 11.1. The number of nitro groups is 1. The summed E-state index contributed by atoms with van der Waals surface area (Å²) in [5, 5.41) is 15.1. The Morgan fingerprint density at radius 3 is 2.64 bits per heavy atom. The van der Waals surface area contributed by atoms with Crippen molar-refractivity contribution in [2.24, 2.45) is 0 Å². The number of nitrogens with zero attached hydrogens (tertiary/aromatic N) is 2. The topological polar surface area (TPSA) is 101 Å². The Labute approximate surface area is 192 Å². The van der Waals surface area contributed by atoms with Crippen LogP contribution in [-0.2, 0) is 17.6 Å². The number of hydrogen-bond donors (Lipinski definition) is 2. The van der Waals surface area contributed by atoms with Gasteiger partial charge in [0.2, 0.25) is 5.91 Å². The molecule has 4 rings (SSSR count). The van der Waals surface area contributed by atoms with Crippen LogP contribution in [-0.4, -0.2) is 27.3 Å². The average Bonchev–Trinajstić information content (AvgIpc) is 3.26. The first-order valence-electron chi connectivity index (χ1n) is 11.1. The number of fused-ring (bicyclic) bond motifs is 1. The Kier molecular flexibility index (Phi) is 7.09. The van der Waals surface area contributed by atoms with Gasteiger partial charge in [0, 0.05) is 60.5 Å². The minimum Gasteiger partial charge on any atom is -0.361 e. The first-order chi connectivity index (χ1) is 16.1.